The standard InChI is InChI=1S/C16H27NO3/c1-3-20-16(19)14-5-4-10-17(11-14)15(18)13-8-6-12(2)7-9-13/h12-14H,3-11H2,1-2H3. The number of hydrogen-bond donors (Lipinski definition) is 0. The number of likely N-dealkylation sites (tertiary alicyclic amines) is 1. The smallest absolute Gasteiger partial charge is 0.310 e. The third-order valence-electron chi connectivity index (χ3n) is 4.72. The minimum Gasteiger partial charge on any atom is -0.466 e. The third-order valence-corrected chi connectivity index (χ3v) is 4.72. The van der Waals surface area contributed by atoms with Crippen molar-refractivity contribution in [1.82, 2.24) is 4.90 Å². The predicted molar refractivity (Wildman–Crippen MR) is 77.1 cm³/mol. The lowest BCUT2D eigenvalue weighted by atomic mass is 9.82. The highest BCUT2D eigenvalue weighted by Gasteiger charge is 2.33. The molecule has 20 heavy (non-hydrogen) atoms. The maximum absolute atomic E-state index is 12.6. The van der Waals surface area contributed by atoms with Crippen LogP contribution in [0.25, 0.3) is 0 Å². The van der Waals surface area contributed by atoms with Crippen molar-refractivity contribution in [3.63, 3.8) is 0 Å². The number of ether oxygens (including phenoxy) is 1. The lowest BCUT2D eigenvalue weighted by Gasteiger charge is -2.35. The van der Waals surface area contributed by atoms with E-state index in [2.05, 4.69) is 6.92 Å². The largest absolute Gasteiger partial charge is 0.466 e. The molecular weight excluding hydrogens is 254 g/mol. The Morgan fingerprint density at radius 1 is 1.10 bits per heavy atom. The highest BCUT2D eigenvalue weighted by Crippen LogP contribution is 2.30. The molecule has 1 saturated heterocycles. The predicted octanol–water partition coefficient (Wildman–Crippen LogP) is 2.61. The summed E-state index contributed by atoms with van der Waals surface area (Å²) in [6.07, 6.45) is 6.11. The van der Waals surface area contributed by atoms with E-state index in [4.69, 9.17) is 4.74 Å². The van der Waals surface area contributed by atoms with Gasteiger partial charge in [0.05, 0.1) is 12.5 Å². The molecule has 2 fully saturated rings. The minimum absolute atomic E-state index is 0.116. The zero-order valence-electron chi connectivity index (χ0n) is 12.8. The summed E-state index contributed by atoms with van der Waals surface area (Å²) in [4.78, 5) is 26.3. The molecule has 0 aromatic carbocycles. The number of carbonyl (C=O) groups excluding carboxylic acids is 2. The first-order valence-electron chi connectivity index (χ1n) is 8.07. The topological polar surface area (TPSA) is 46.6 Å². The van der Waals surface area contributed by atoms with Crippen LogP contribution in [0, 0.1) is 17.8 Å². The average Bonchev–Trinajstić information content (AvgIpc) is 2.48. The maximum Gasteiger partial charge on any atom is 0.310 e. The van der Waals surface area contributed by atoms with E-state index < -0.39 is 0 Å². The molecule has 1 aliphatic carbocycles. The Bertz CT molecular complexity index is 348. The van der Waals surface area contributed by atoms with Gasteiger partial charge >= 0.3 is 5.97 Å². The van der Waals surface area contributed by atoms with E-state index >= 15 is 0 Å². The van der Waals surface area contributed by atoms with Gasteiger partial charge in [-0.1, -0.05) is 6.92 Å². The molecule has 2 rings (SSSR count). The molecule has 0 spiro atoms. The summed E-state index contributed by atoms with van der Waals surface area (Å²) in [5, 5.41) is 0. The number of piperidine rings is 1. The maximum atomic E-state index is 12.6. The molecule has 0 radical (unpaired) electrons. The molecule has 1 atom stereocenters. The molecular formula is C16H27NO3. The van der Waals surface area contributed by atoms with Crippen LogP contribution in [0.1, 0.15) is 52.4 Å². The van der Waals surface area contributed by atoms with Crippen LogP contribution in [0.4, 0.5) is 0 Å². The summed E-state index contributed by atoms with van der Waals surface area (Å²) >= 11 is 0. The van der Waals surface area contributed by atoms with Crippen molar-refractivity contribution in [2.45, 2.75) is 52.4 Å². The summed E-state index contributed by atoms with van der Waals surface area (Å²) in [7, 11) is 0. The Labute approximate surface area is 121 Å². The first-order chi connectivity index (χ1) is 9.61. The molecule has 1 amide bonds. The van der Waals surface area contributed by atoms with Gasteiger partial charge in [-0.05, 0) is 51.4 Å². The second-order valence-corrected chi connectivity index (χ2v) is 6.33. The van der Waals surface area contributed by atoms with Crippen LogP contribution >= 0.6 is 0 Å². The lowest BCUT2D eigenvalue weighted by Crippen LogP contribution is -2.45. The normalized spacial score (nSPS) is 30.9. The fraction of sp³-hybridized carbons (Fsp3) is 0.875. The molecule has 0 bridgehead atoms. The van der Waals surface area contributed by atoms with Crippen LogP contribution in [0.2, 0.25) is 0 Å². The minimum atomic E-state index is -0.137. The van der Waals surface area contributed by atoms with Crippen molar-refractivity contribution >= 4 is 11.9 Å². The van der Waals surface area contributed by atoms with Gasteiger partial charge in [-0.25, -0.2) is 0 Å². The Morgan fingerprint density at radius 2 is 1.80 bits per heavy atom. The third kappa shape index (κ3) is 3.74. The fourth-order valence-electron chi connectivity index (χ4n) is 3.40. The summed E-state index contributed by atoms with van der Waals surface area (Å²) in [6.45, 7) is 5.87. The summed E-state index contributed by atoms with van der Waals surface area (Å²) in [6, 6.07) is 0. The number of carbonyl (C=O) groups is 2. The van der Waals surface area contributed by atoms with Gasteiger partial charge in [-0.3, -0.25) is 9.59 Å². The SMILES string of the molecule is CCOC(=O)C1CCCN(C(=O)C2CCC(C)CC2)C1. The molecule has 0 aromatic rings. The van der Waals surface area contributed by atoms with E-state index in [1.54, 1.807) is 0 Å². The number of amides is 1. The van der Waals surface area contributed by atoms with E-state index in [-0.39, 0.29) is 23.7 Å². The Balaban J connectivity index is 1.88. The summed E-state index contributed by atoms with van der Waals surface area (Å²) in [5.74, 6) is 0.961. The Kier molecular flexibility index (Phi) is 5.44. The van der Waals surface area contributed by atoms with E-state index in [1.807, 2.05) is 11.8 Å². The van der Waals surface area contributed by atoms with Gasteiger partial charge in [0.2, 0.25) is 5.91 Å². The Hall–Kier alpha value is -1.06. The average molecular weight is 281 g/mol. The first-order valence-corrected chi connectivity index (χ1v) is 8.07. The zero-order valence-corrected chi connectivity index (χ0v) is 12.8. The van der Waals surface area contributed by atoms with Crippen LogP contribution in [0.3, 0.4) is 0 Å². The van der Waals surface area contributed by atoms with Gasteiger partial charge in [-0.2, -0.15) is 0 Å². The molecule has 4 heteroatoms. The van der Waals surface area contributed by atoms with E-state index in [0.717, 1.165) is 51.0 Å². The molecule has 0 aromatic heterocycles. The fourth-order valence-corrected chi connectivity index (χ4v) is 3.40. The van der Waals surface area contributed by atoms with Crippen molar-refractivity contribution in [2.75, 3.05) is 19.7 Å². The lowest BCUT2D eigenvalue weighted by molar-refractivity contribution is -0.152. The summed E-state index contributed by atoms with van der Waals surface area (Å²) in [5.41, 5.74) is 0. The second kappa shape index (κ2) is 7.09. The second-order valence-electron chi connectivity index (χ2n) is 6.33. The molecule has 114 valence electrons. The van der Waals surface area contributed by atoms with Gasteiger partial charge in [-0.15, -0.1) is 0 Å². The van der Waals surface area contributed by atoms with Crippen LogP contribution in [0.15, 0.2) is 0 Å². The molecule has 2 aliphatic rings. The van der Waals surface area contributed by atoms with Crippen LogP contribution in [-0.2, 0) is 14.3 Å². The van der Waals surface area contributed by atoms with E-state index in [0.29, 0.717) is 13.2 Å². The molecule has 0 N–H and O–H groups in total. The first kappa shape index (κ1) is 15.3. The number of hydrogen-bond acceptors (Lipinski definition) is 3. The van der Waals surface area contributed by atoms with Crippen molar-refractivity contribution in [3.05, 3.63) is 0 Å². The number of rotatable bonds is 3. The molecule has 1 heterocycles. The molecule has 1 aliphatic heterocycles. The van der Waals surface area contributed by atoms with Crippen molar-refractivity contribution in [3.8, 4) is 0 Å². The zero-order chi connectivity index (χ0) is 14.5. The van der Waals surface area contributed by atoms with Gasteiger partial charge in [0.25, 0.3) is 0 Å². The van der Waals surface area contributed by atoms with Crippen molar-refractivity contribution in [2.24, 2.45) is 17.8 Å². The molecule has 4 nitrogen and oxygen atoms in total. The summed E-state index contributed by atoms with van der Waals surface area (Å²) < 4.78 is 5.09. The van der Waals surface area contributed by atoms with E-state index in [9.17, 15) is 9.59 Å². The van der Waals surface area contributed by atoms with Crippen molar-refractivity contribution < 1.29 is 14.3 Å². The van der Waals surface area contributed by atoms with Gasteiger partial charge in [0, 0.05) is 19.0 Å². The van der Waals surface area contributed by atoms with Gasteiger partial charge in [0.1, 0.15) is 0 Å². The highest BCUT2D eigenvalue weighted by molar-refractivity contribution is 5.80. The van der Waals surface area contributed by atoms with E-state index in [1.165, 1.54) is 0 Å². The van der Waals surface area contributed by atoms with Crippen molar-refractivity contribution in [1.29, 1.82) is 0 Å². The molecule has 1 saturated carbocycles. The molecule has 1 unspecified atom stereocenters. The monoisotopic (exact) mass is 281 g/mol. The van der Waals surface area contributed by atoms with Crippen LogP contribution in [0.5, 0.6) is 0 Å². The highest BCUT2D eigenvalue weighted by atomic mass is 16.5. The van der Waals surface area contributed by atoms with Crippen LogP contribution in [-0.4, -0.2) is 36.5 Å². The quantitative estimate of drug-likeness (QED) is 0.747. The Morgan fingerprint density at radius 3 is 2.45 bits per heavy atom. The number of esters is 1. The van der Waals surface area contributed by atoms with Gasteiger partial charge < -0.3 is 9.64 Å². The van der Waals surface area contributed by atoms with Gasteiger partial charge in [0.15, 0.2) is 0 Å². The van der Waals surface area contributed by atoms with Crippen LogP contribution < -0.4 is 0 Å². The number of nitrogens with zero attached hydrogens (tertiary/aromatic N) is 1.